The van der Waals surface area contributed by atoms with Gasteiger partial charge in [0.1, 0.15) is 5.54 Å². The number of aliphatic carboxylic acids is 1. The van der Waals surface area contributed by atoms with Gasteiger partial charge in [-0.15, -0.1) is 0 Å². The number of hydrogen-bond donors (Lipinski definition) is 3. The third-order valence-corrected chi connectivity index (χ3v) is 1.88. The van der Waals surface area contributed by atoms with Crippen molar-refractivity contribution in [3.63, 3.8) is 0 Å². The number of urea groups is 1. The van der Waals surface area contributed by atoms with Crippen molar-refractivity contribution in [3.05, 3.63) is 24.5 Å². The van der Waals surface area contributed by atoms with E-state index in [1.54, 1.807) is 18.3 Å². The molecule has 1 rings (SSSR count). The van der Waals surface area contributed by atoms with Crippen LogP contribution in [0.5, 0.6) is 0 Å². The number of carboxylic acid groups (broad SMARTS) is 1. The van der Waals surface area contributed by atoms with Crippen molar-refractivity contribution in [1.82, 2.24) is 10.3 Å². The van der Waals surface area contributed by atoms with Gasteiger partial charge in [0.15, 0.2) is 0 Å². The van der Waals surface area contributed by atoms with E-state index in [4.69, 9.17) is 5.11 Å². The van der Waals surface area contributed by atoms with Crippen molar-refractivity contribution < 1.29 is 14.7 Å². The van der Waals surface area contributed by atoms with E-state index in [0.717, 1.165) is 0 Å². The first kappa shape index (κ1) is 12.0. The van der Waals surface area contributed by atoms with Gasteiger partial charge in [-0.1, -0.05) is 0 Å². The Morgan fingerprint density at radius 2 is 2.12 bits per heavy atom. The van der Waals surface area contributed by atoms with Gasteiger partial charge in [-0.2, -0.15) is 0 Å². The van der Waals surface area contributed by atoms with Gasteiger partial charge in [-0.3, -0.25) is 4.98 Å². The lowest BCUT2D eigenvalue weighted by molar-refractivity contribution is -0.142. The summed E-state index contributed by atoms with van der Waals surface area (Å²) in [6.07, 6.45) is 3.04. The molecule has 0 aliphatic rings. The highest BCUT2D eigenvalue weighted by molar-refractivity contribution is 5.93. The topological polar surface area (TPSA) is 91.3 Å². The van der Waals surface area contributed by atoms with Gasteiger partial charge in [-0.05, 0) is 26.0 Å². The molecule has 0 bridgehead atoms. The summed E-state index contributed by atoms with van der Waals surface area (Å²) >= 11 is 0. The minimum absolute atomic E-state index is 0.501. The number of rotatable bonds is 3. The van der Waals surface area contributed by atoms with Crippen LogP contribution >= 0.6 is 0 Å². The van der Waals surface area contributed by atoms with Crippen molar-refractivity contribution >= 4 is 17.7 Å². The minimum Gasteiger partial charge on any atom is -0.480 e. The fourth-order valence-corrected chi connectivity index (χ4v) is 0.936. The van der Waals surface area contributed by atoms with Crippen molar-refractivity contribution in [2.24, 2.45) is 0 Å². The third-order valence-electron chi connectivity index (χ3n) is 1.88. The minimum atomic E-state index is -1.31. The lowest BCUT2D eigenvalue weighted by Crippen LogP contribution is -2.51. The van der Waals surface area contributed by atoms with Crippen LogP contribution in [0.1, 0.15) is 13.8 Å². The number of amides is 2. The zero-order chi connectivity index (χ0) is 12.2. The lowest BCUT2D eigenvalue weighted by Gasteiger charge is -2.21. The zero-order valence-corrected chi connectivity index (χ0v) is 9.02. The number of pyridine rings is 1. The predicted molar refractivity (Wildman–Crippen MR) is 58.1 cm³/mol. The summed E-state index contributed by atoms with van der Waals surface area (Å²) in [5, 5.41) is 13.6. The molecule has 0 aromatic carbocycles. The molecule has 0 unspecified atom stereocenters. The van der Waals surface area contributed by atoms with Gasteiger partial charge in [0.2, 0.25) is 0 Å². The summed E-state index contributed by atoms with van der Waals surface area (Å²) < 4.78 is 0. The summed E-state index contributed by atoms with van der Waals surface area (Å²) in [5.41, 5.74) is -0.812. The molecule has 0 radical (unpaired) electrons. The van der Waals surface area contributed by atoms with E-state index >= 15 is 0 Å². The van der Waals surface area contributed by atoms with Crippen molar-refractivity contribution in [1.29, 1.82) is 0 Å². The maximum absolute atomic E-state index is 11.4. The van der Waals surface area contributed by atoms with Crippen LogP contribution in [0, 0.1) is 0 Å². The van der Waals surface area contributed by atoms with Gasteiger partial charge in [0.25, 0.3) is 0 Å². The Labute approximate surface area is 92.7 Å². The van der Waals surface area contributed by atoms with Crippen LogP contribution in [-0.4, -0.2) is 27.6 Å². The first-order valence-corrected chi connectivity index (χ1v) is 4.64. The second-order valence-electron chi connectivity index (χ2n) is 3.75. The van der Waals surface area contributed by atoms with E-state index in [1.807, 2.05) is 0 Å². The first-order chi connectivity index (χ1) is 7.42. The molecule has 0 saturated heterocycles. The standard InChI is InChI=1S/C10H13N3O3/c1-10(2,8(14)15)13-9(16)12-7-4-3-5-11-6-7/h3-6H,1-2H3,(H,14,15)(H2,12,13,16). The number of carboxylic acids is 1. The number of carbonyl (C=O) groups excluding carboxylic acids is 1. The molecule has 0 spiro atoms. The van der Waals surface area contributed by atoms with Crippen LogP contribution < -0.4 is 10.6 Å². The van der Waals surface area contributed by atoms with Gasteiger partial charge in [-0.25, -0.2) is 9.59 Å². The normalized spacial score (nSPS) is 10.6. The molecule has 0 saturated carbocycles. The maximum Gasteiger partial charge on any atom is 0.328 e. The average Bonchev–Trinajstić information content (AvgIpc) is 2.17. The summed E-state index contributed by atoms with van der Waals surface area (Å²) in [7, 11) is 0. The van der Waals surface area contributed by atoms with Gasteiger partial charge < -0.3 is 15.7 Å². The number of nitrogens with one attached hydrogen (secondary N) is 2. The van der Waals surface area contributed by atoms with Crippen molar-refractivity contribution in [3.8, 4) is 0 Å². The predicted octanol–water partition coefficient (Wildman–Crippen LogP) is 1.07. The Bertz CT molecular complexity index is 390. The highest BCUT2D eigenvalue weighted by Crippen LogP contribution is 2.05. The van der Waals surface area contributed by atoms with E-state index in [-0.39, 0.29) is 0 Å². The molecule has 86 valence electrons. The Morgan fingerprint density at radius 1 is 1.44 bits per heavy atom. The monoisotopic (exact) mass is 223 g/mol. The summed E-state index contributed by atoms with van der Waals surface area (Å²) in [4.78, 5) is 26.0. The maximum atomic E-state index is 11.4. The molecule has 1 heterocycles. The highest BCUT2D eigenvalue weighted by atomic mass is 16.4. The number of nitrogens with zero attached hydrogens (tertiary/aromatic N) is 1. The zero-order valence-electron chi connectivity index (χ0n) is 9.02. The SMILES string of the molecule is CC(C)(NC(=O)Nc1cccnc1)C(=O)O. The molecular weight excluding hydrogens is 210 g/mol. The van der Waals surface area contributed by atoms with E-state index in [0.29, 0.717) is 5.69 Å². The summed E-state index contributed by atoms with van der Waals surface area (Å²) in [6, 6.07) is 2.73. The Hall–Kier alpha value is -2.11. The Balaban J connectivity index is 2.58. The molecule has 0 atom stereocenters. The van der Waals surface area contributed by atoms with Crippen molar-refractivity contribution in [2.45, 2.75) is 19.4 Å². The van der Waals surface area contributed by atoms with Crippen LogP contribution in [0.3, 0.4) is 0 Å². The molecule has 16 heavy (non-hydrogen) atoms. The quantitative estimate of drug-likeness (QED) is 0.714. The third kappa shape index (κ3) is 3.23. The van der Waals surface area contributed by atoms with Crippen LogP contribution in [0.4, 0.5) is 10.5 Å². The van der Waals surface area contributed by atoms with Crippen LogP contribution in [-0.2, 0) is 4.79 Å². The fraction of sp³-hybridized carbons (Fsp3) is 0.300. The molecule has 6 heteroatoms. The number of carbonyl (C=O) groups is 2. The van der Waals surface area contributed by atoms with E-state index in [2.05, 4.69) is 15.6 Å². The second kappa shape index (κ2) is 4.61. The Morgan fingerprint density at radius 3 is 2.62 bits per heavy atom. The van der Waals surface area contributed by atoms with E-state index in [9.17, 15) is 9.59 Å². The Kier molecular flexibility index (Phi) is 3.44. The smallest absolute Gasteiger partial charge is 0.328 e. The van der Waals surface area contributed by atoms with Gasteiger partial charge in [0.05, 0.1) is 11.9 Å². The number of aromatic nitrogens is 1. The summed E-state index contributed by atoms with van der Waals surface area (Å²) in [5.74, 6) is -1.10. The van der Waals surface area contributed by atoms with Gasteiger partial charge >= 0.3 is 12.0 Å². The average molecular weight is 223 g/mol. The molecule has 0 fully saturated rings. The molecule has 0 aliphatic heterocycles. The molecule has 3 N–H and O–H groups in total. The van der Waals surface area contributed by atoms with Crippen LogP contribution in [0.15, 0.2) is 24.5 Å². The van der Waals surface area contributed by atoms with Gasteiger partial charge in [0, 0.05) is 6.20 Å². The van der Waals surface area contributed by atoms with Crippen LogP contribution in [0.2, 0.25) is 0 Å². The summed E-state index contributed by atoms with van der Waals surface area (Å²) in [6.45, 7) is 2.80. The first-order valence-electron chi connectivity index (χ1n) is 4.64. The molecular formula is C10H13N3O3. The highest BCUT2D eigenvalue weighted by Gasteiger charge is 2.28. The number of anilines is 1. The van der Waals surface area contributed by atoms with Crippen LogP contribution in [0.25, 0.3) is 0 Å². The second-order valence-corrected chi connectivity index (χ2v) is 3.75. The molecule has 1 aromatic rings. The molecule has 6 nitrogen and oxygen atoms in total. The lowest BCUT2D eigenvalue weighted by atomic mass is 10.1. The van der Waals surface area contributed by atoms with Crippen molar-refractivity contribution in [2.75, 3.05) is 5.32 Å². The fourth-order valence-electron chi connectivity index (χ4n) is 0.936. The van der Waals surface area contributed by atoms with E-state index in [1.165, 1.54) is 20.0 Å². The molecule has 0 aliphatic carbocycles. The molecule has 1 aromatic heterocycles. The molecule has 2 amide bonds. The van der Waals surface area contributed by atoms with E-state index < -0.39 is 17.5 Å². The number of hydrogen-bond acceptors (Lipinski definition) is 3. The largest absolute Gasteiger partial charge is 0.480 e.